The number of carbonyl (C=O) groups excluding carboxylic acids is 2. The fourth-order valence-corrected chi connectivity index (χ4v) is 6.29. The van der Waals surface area contributed by atoms with Crippen LogP contribution in [-0.2, 0) is 22.4 Å². The molecule has 3 heterocycles. The fourth-order valence-electron chi connectivity index (χ4n) is 4.98. The predicted octanol–water partition coefficient (Wildman–Crippen LogP) is 5.53. The number of carbonyl (C=O) groups is 2. The van der Waals surface area contributed by atoms with Gasteiger partial charge in [0.1, 0.15) is 10.8 Å². The Morgan fingerprint density at radius 1 is 0.972 bits per heavy atom. The van der Waals surface area contributed by atoms with Crippen molar-refractivity contribution in [2.24, 2.45) is 5.10 Å². The lowest BCUT2D eigenvalue weighted by molar-refractivity contribution is -0.132. The number of aromatic nitrogens is 2. The maximum atomic E-state index is 12.9. The van der Waals surface area contributed by atoms with Crippen molar-refractivity contribution in [2.45, 2.75) is 44.9 Å². The van der Waals surface area contributed by atoms with Gasteiger partial charge in [0.25, 0.3) is 0 Å². The molecule has 0 atom stereocenters. The Kier molecular flexibility index (Phi) is 6.11. The van der Waals surface area contributed by atoms with Crippen LogP contribution in [0.5, 0.6) is 0 Å². The van der Waals surface area contributed by atoms with Crippen LogP contribution in [0.2, 0.25) is 0 Å². The summed E-state index contributed by atoms with van der Waals surface area (Å²) in [6.07, 6.45) is 5.29. The maximum absolute atomic E-state index is 12.9. The Morgan fingerprint density at radius 2 is 1.78 bits per heavy atom. The van der Waals surface area contributed by atoms with E-state index in [1.165, 1.54) is 15.4 Å². The molecule has 0 spiro atoms. The van der Waals surface area contributed by atoms with Crippen molar-refractivity contribution < 1.29 is 9.59 Å². The van der Waals surface area contributed by atoms with Crippen LogP contribution in [-0.4, -0.2) is 39.0 Å². The van der Waals surface area contributed by atoms with Crippen LogP contribution in [0.15, 0.2) is 59.7 Å². The minimum absolute atomic E-state index is 0.119. The molecule has 0 saturated heterocycles. The van der Waals surface area contributed by atoms with Gasteiger partial charge in [0.15, 0.2) is 0 Å². The van der Waals surface area contributed by atoms with Gasteiger partial charge < -0.3 is 10.3 Å². The number of hydrogen-bond donors (Lipinski definition) is 2. The van der Waals surface area contributed by atoms with Crippen LogP contribution in [0.25, 0.3) is 22.4 Å². The lowest BCUT2D eigenvalue weighted by atomic mass is 9.95. The number of anilines is 1. The predicted molar refractivity (Wildman–Crippen MR) is 143 cm³/mol. The molecular formula is C28H27N5O2S. The van der Waals surface area contributed by atoms with E-state index in [1.807, 2.05) is 54.6 Å². The van der Waals surface area contributed by atoms with E-state index in [0.29, 0.717) is 6.54 Å². The summed E-state index contributed by atoms with van der Waals surface area (Å²) in [5.41, 5.74) is 6.12. The molecule has 4 aromatic rings. The third kappa shape index (κ3) is 4.44. The summed E-state index contributed by atoms with van der Waals surface area (Å²) in [5, 5.41) is 9.92. The smallest absolute Gasteiger partial charge is 0.243 e. The molecule has 1 aliphatic heterocycles. The second kappa shape index (κ2) is 9.70. The van der Waals surface area contributed by atoms with Crippen molar-refractivity contribution in [1.82, 2.24) is 15.0 Å². The van der Waals surface area contributed by atoms with Gasteiger partial charge in [-0.15, -0.1) is 11.3 Å². The molecule has 2 N–H and O–H groups in total. The summed E-state index contributed by atoms with van der Waals surface area (Å²) in [6.45, 7) is 0.554. The lowest BCUT2D eigenvalue weighted by Crippen LogP contribution is -2.24. The van der Waals surface area contributed by atoms with Gasteiger partial charge in [-0.25, -0.2) is 9.99 Å². The zero-order valence-corrected chi connectivity index (χ0v) is 20.7. The first-order valence-electron chi connectivity index (χ1n) is 12.5. The minimum atomic E-state index is -0.161. The Bertz CT molecular complexity index is 1440. The summed E-state index contributed by atoms with van der Waals surface area (Å²) in [7, 11) is 0. The number of thiophene rings is 1. The Labute approximate surface area is 213 Å². The summed E-state index contributed by atoms with van der Waals surface area (Å²) < 4.78 is 0. The molecule has 0 saturated carbocycles. The molecule has 2 amide bonds. The Morgan fingerprint density at radius 3 is 2.64 bits per heavy atom. The quantitative estimate of drug-likeness (QED) is 0.367. The molecule has 0 bridgehead atoms. The molecule has 8 heteroatoms. The van der Waals surface area contributed by atoms with Gasteiger partial charge in [-0.3, -0.25) is 9.59 Å². The Balaban J connectivity index is 1.16. The number of amides is 2. The first-order valence-corrected chi connectivity index (χ1v) is 13.3. The third-order valence-corrected chi connectivity index (χ3v) is 8.02. The zero-order valence-electron chi connectivity index (χ0n) is 19.9. The minimum Gasteiger partial charge on any atom is -0.338 e. The van der Waals surface area contributed by atoms with E-state index >= 15 is 0 Å². The highest BCUT2D eigenvalue weighted by atomic mass is 32.1. The number of hydrogen-bond acceptors (Lipinski definition) is 5. The molecule has 182 valence electrons. The summed E-state index contributed by atoms with van der Waals surface area (Å²) in [5.74, 6) is 0.506. The number of nitrogens with zero attached hydrogens (tertiary/aromatic N) is 3. The van der Waals surface area contributed by atoms with Crippen LogP contribution in [0.3, 0.4) is 0 Å². The van der Waals surface area contributed by atoms with Crippen molar-refractivity contribution in [3.63, 3.8) is 0 Å². The van der Waals surface area contributed by atoms with Gasteiger partial charge in [0, 0.05) is 24.1 Å². The number of H-pyrrole nitrogens is 1. The topological polar surface area (TPSA) is 90.4 Å². The summed E-state index contributed by atoms with van der Waals surface area (Å²) in [6, 6.07) is 17.9. The Hall–Kier alpha value is -3.78. The highest BCUT2D eigenvalue weighted by Crippen LogP contribution is 2.43. The van der Waals surface area contributed by atoms with Crippen molar-refractivity contribution >= 4 is 44.9 Å². The molecule has 2 aromatic carbocycles. The zero-order chi connectivity index (χ0) is 24.5. The maximum Gasteiger partial charge on any atom is 0.243 e. The van der Waals surface area contributed by atoms with E-state index in [-0.39, 0.29) is 24.7 Å². The molecule has 0 radical (unpaired) electrons. The number of para-hydroxylation sites is 2. The van der Waals surface area contributed by atoms with Gasteiger partial charge in [-0.05, 0) is 48.9 Å². The van der Waals surface area contributed by atoms with E-state index in [1.54, 1.807) is 11.3 Å². The van der Waals surface area contributed by atoms with Crippen LogP contribution >= 0.6 is 11.3 Å². The van der Waals surface area contributed by atoms with E-state index in [4.69, 9.17) is 4.98 Å². The molecule has 36 heavy (non-hydrogen) atoms. The van der Waals surface area contributed by atoms with Crippen LogP contribution in [0, 0.1) is 0 Å². The third-order valence-electron chi connectivity index (χ3n) is 6.81. The summed E-state index contributed by atoms with van der Waals surface area (Å²) >= 11 is 1.64. The molecule has 1 aliphatic carbocycles. The van der Waals surface area contributed by atoms with Crippen molar-refractivity contribution in [2.75, 3.05) is 11.9 Å². The first kappa shape index (κ1) is 22.7. The molecule has 6 rings (SSSR count). The number of hydrazone groups is 1. The van der Waals surface area contributed by atoms with E-state index in [9.17, 15) is 9.59 Å². The van der Waals surface area contributed by atoms with Gasteiger partial charge >= 0.3 is 0 Å². The number of aromatic amines is 1. The SMILES string of the molecule is O=C(CCC(=O)N1CCC(c2ccccc2)=N1)Nc1sc2c(c1-c1nc3ccccc3[nH]1)CCCC2. The molecule has 7 nitrogen and oxygen atoms in total. The van der Waals surface area contributed by atoms with Crippen molar-refractivity contribution in [3.8, 4) is 11.4 Å². The second-order valence-corrected chi connectivity index (χ2v) is 10.4. The first-order chi connectivity index (χ1) is 17.7. The van der Waals surface area contributed by atoms with Gasteiger partial charge in [0.05, 0.1) is 28.9 Å². The number of rotatable bonds is 6. The van der Waals surface area contributed by atoms with E-state index in [2.05, 4.69) is 15.4 Å². The van der Waals surface area contributed by atoms with Gasteiger partial charge in [-0.2, -0.15) is 5.10 Å². The normalized spacial score (nSPS) is 15.1. The van der Waals surface area contributed by atoms with Crippen LogP contribution in [0.4, 0.5) is 5.00 Å². The number of nitrogens with one attached hydrogen (secondary N) is 2. The molecule has 2 aliphatic rings. The van der Waals surface area contributed by atoms with Gasteiger partial charge in [0.2, 0.25) is 11.8 Å². The van der Waals surface area contributed by atoms with Crippen LogP contribution in [0.1, 0.15) is 48.1 Å². The van der Waals surface area contributed by atoms with Crippen molar-refractivity contribution in [1.29, 1.82) is 0 Å². The van der Waals surface area contributed by atoms with E-state index in [0.717, 1.165) is 70.8 Å². The highest BCUT2D eigenvalue weighted by Gasteiger charge is 2.26. The number of aryl methyl sites for hydroxylation is 1. The summed E-state index contributed by atoms with van der Waals surface area (Å²) in [4.78, 5) is 35.3. The standard InChI is InChI=1S/C28H27N5O2S/c34-24(14-15-25(35)33-17-16-20(32-33)18-8-2-1-3-9-18)31-28-26(19-10-4-7-13-23(19)36-28)27-29-21-11-5-6-12-22(21)30-27/h1-3,5-6,8-9,11-12H,4,7,10,13-17H2,(H,29,30)(H,31,34). The molecule has 2 aromatic heterocycles. The lowest BCUT2D eigenvalue weighted by Gasteiger charge is -2.12. The molecule has 0 fully saturated rings. The number of imidazole rings is 1. The van der Waals surface area contributed by atoms with E-state index < -0.39 is 0 Å². The monoisotopic (exact) mass is 497 g/mol. The van der Waals surface area contributed by atoms with Gasteiger partial charge in [-0.1, -0.05) is 42.5 Å². The van der Waals surface area contributed by atoms with Crippen LogP contribution < -0.4 is 5.32 Å². The molecular weight excluding hydrogens is 470 g/mol. The average molecular weight is 498 g/mol. The fraction of sp³-hybridized carbons (Fsp3) is 0.286. The number of benzene rings is 2. The van der Waals surface area contributed by atoms with Crippen molar-refractivity contribution in [3.05, 3.63) is 70.6 Å². The average Bonchev–Trinajstić information content (AvgIpc) is 3.64. The number of fused-ring (bicyclic) bond motifs is 2. The second-order valence-electron chi connectivity index (χ2n) is 9.25. The highest BCUT2D eigenvalue weighted by molar-refractivity contribution is 7.17. The molecule has 0 unspecified atom stereocenters. The largest absolute Gasteiger partial charge is 0.338 e.